The van der Waals surface area contributed by atoms with Crippen molar-refractivity contribution in [3.05, 3.63) is 24.3 Å². The Balaban J connectivity index is 1.97. The second-order valence-corrected chi connectivity index (χ2v) is 5.48. The molecule has 0 saturated carbocycles. The Hall–Kier alpha value is -2.10. The van der Waals surface area contributed by atoms with Crippen LogP contribution in [-0.4, -0.2) is 56.5 Å². The Morgan fingerprint density at radius 3 is 2.76 bits per heavy atom. The highest BCUT2D eigenvalue weighted by molar-refractivity contribution is 8.13. The van der Waals surface area contributed by atoms with Gasteiger partial charge in [0.05, 0.1) is 26.4 Å². The van der Waals surface area contributed by atoms with Gasteiger partial charge in [-0.1, -0.05) is 12.1 Å². The van der Waals surface area contributed by atoms with Crippen LogP contribution >= 0.6 is 11.8 Å². The number of fused-ring (bicyclic) bond motifs is 1. The zero-order chi connectivity index (χ0) is 17.9. The highest BCUT2D eigenvalue weighted by Crippen LogP contribution is 2.24. The smallest absolute Gasteiger partial charge is 0.437 e. The van der Waals surface area contributed by atoms with Crippen molar-refractivity contribution in [1.29, 1.82) is 0 Å². The molecule has 0 radical (unpaired) electrons. The van der Waals surface area contributed by atoms with Gasteiger partial charge in [0.1, 0.15) is 12.1 Å². The van der Waals surface area contributed by atoms with Gasteiger partial charge in [0.2, 0.25) is 0 Å². The second-order valence-electron chi connectivity index (χ2n) is 4.58. The van der Waals surface area contributed by atoms with Crippen LogP contribution in [0.15, 0.2) is 38.9 Å². The van der Waals surface area contributed by atoms with Gasteiger partial charge in [-0.2, -0.15) is 0 Å². The number of para-hydroxylation sites is 2. The van der Waals surface area contributed by atoms with E-state index in [-0.39, 0.29) is 18.4 Å². The predicted molar refractivity (Wildman–Crippen MR) is 93.0 cm³/mol. The first-order chi connectivity index (χ1) is 12.2. The van der Waals surface area contributed by atoms with Crippen LogP contribution in [0, 0.1) is 0 Å². The van der Waals surface area contributed by atoms with Gasteiger partial charge in [-0.05, 0) is 19.1 Å². The number of nitrogens with zero attached hydrogens (tertiary/aromatic N) is 2. The first kappa shape index (κ1) is 19.2. The lowest BCUT2D eigenvalue weighted by molar-refractivity contribution is 0.0531. The molecule has 0 saturated heterocycles. The van der Waals surface area contributed by atoms with E-state index >= 15 is 0 Å². The molecule has 2 rings (SSSR count). The molecule has 9 heteroatoms. The molecule has 2 aromatic rings. The Bertz CT molecular complexity index is 670. The van der Waals surface area contributed by atoms with Crippen molar-refractivity contribution in [3.63, 3.8) is 0 Å². The number of carbonyl (C=O) groups excluding carboxylic acids is 1. The summed E-state index contributed by atoms with van der Waals surface area (Å²) in [6, 6.07) is 7.35. The van der Waals surface area contributed by atoms with Gasteiger partial charge >= 0.3 is 6.09 Å². The predicted octanol–water partition coefficient (Wildman–Crippen LogP) is 3.11. The topological polar surface area (TPSA) is 92.4 Å². The lowest BCUT2D eigenvalue weighted by Crippen LogP contribution is -2.12. The van der Waals surface area contributed by atoms with Crippen molar-refractivity contribution < 1.29 is 28.2 Å². The molecule has 0 N–H and O–H groups in total. The van der Waals surface area contributed by atoms with Crippen molar-refractivity contribution in [1.82, 2.24) is 4.98 Å². The molecule has 1 aromatic heterocycles. The summed E-state index contributed by atoms with van der Waals surface area (Å²) in [4.78, 5) is 19.7. The average molecular weight is 368 g/mol. The van der Waals surface area contributed by atoms with E-state index < -0.39 is 6.09 Å². The number of oxazole rings is 1. The Labute approximate surface area is 149 Å². The average Bonchev–Trinajstić information content (AvgIpc) is 3.00. The van der Waals surface area contributed by atoms with Crippen molar-refractivity contribution in [2.45, 2.75) is 12.1 Å². The van der Waals surface area contributed by atoms with E-state index in [4.69, 9.17) is 23.4 Å². The van der Waals surface area contributed by atoms with Crippen LogP contribution in [0.25, 0.3) is 11.1 Å². The zero-order valence-electron chi connectivity index (χ0n) is 14.1. The third kappa shape index (κ3) is 6.73. The molecule has 0 aliphatic heterocycles. The highest BCUT2D eigenvalue weighted by atomic mass is 32.2. The maximum Gasteiger partial charge on any atom is 0.437 e. The maximum atomic E-state index is 11.6. The second kappa shape index (κ2) is 10.7. The quantitative estimate of drug-likeness (QED) is 0.304. The van der Waals surface area contributed by atoms with E-state index in [0.29, 0.717) is 36.1 Å². The first-order valence-corrected chi connectivity index (χ1v) is 8.53. The van der Waals surface area contributed by atoms with Crippen LogP contribution < -0.4 is 0 Å². The third-order valence-electron chi connectivity index (χ3n) is 2.78. The van der Waals surface area contributed by atoms with E-state index in [1.807, 2.05) is 18.2 Å². The zero-order valence-corrected chi connectivity index (χ0v) is 14.9. The summed E-state index contributed by atoms with van der Waals surface area (Å²) in [7, 11) is 1.60. The molecule has 0 bridgehead atoms. The summed E-state index contributed by atoms with van der Waals surface area (Å²) >= 11 is 1.01. The minimum atomic E-state index is -0.735. The molecular weight excluding hydrogens is 348 g/mol. The Morgan fingerprint density at radius 2 is 2.00 bits per heavy atom. The van der Waals surface area contributed by atoms with E-state index in [9.17, 15) is 4.79 Å². The number of thioether (sulfide) groups is 1. The van der Waals surface area contributed by atoms with E-state index in [0.717, 1.165) is 11.8 Å². The molecule has 1 heterocycles. The van der Waals surface area contributed by atoms with Crippen molar-refractivity contribution in [3.8, 4) is 0 Å². The fraction of sp³-hybridized carbons (Fsp3) is 0.438. The van der Waals surface area contributed by atoms with Gasteiger partial charge in [-0.25, -0.2) is 9.78 Å². The summed E-state index contributed by atoms with van der Waals surface area (Å²) in [5.74, 6) is 0. The van der Waals surface area contributed by atoms with E-state index in [1.54, 1.807) is 20.1 Å². The molecule has 25 heavy (non-hydrogen) atoms. The summed E-state index contributed by atoms with van der Waals surface area (Å²) in [6.07, 6.45) is -0.735. The van der Waals surface area contributed by atoms with Gasteiger partial charge in [0, 0.05) is 18.9 Å². The van der Waals surface area contributed by atoms with Gasteiger partial charge < -0.3 is 23.4 Å². The van der Waals surface area contributed by atoms with Crippen molar-refractivity contribution >= 4 is 34.2 Å². The van der Waals surface area contributed by atoms with Gasteiger partial charge in [-0.15, -0.1) is 4.99 Å². The van der Waals surface area contributed by atoms with Crippen molar-refractivity contribution in [2.24, 2.45) is 4.99 Å². The van der Waals surface area contributed by atoms with Crippen molar-refractivity contribution in [2.75, 3.05) is 40.1 Å². The number of aliphatic imine (C=N–C) groups is 1. The summed E-state index contributed by atoms with van der Waals surface area (Å²) < 4.78 is 26.1. The SMILES string of the molecule is CCOC(=O)N=C(OCCOCCOC)Sc1nc2ccccc2o1. The largest absolute Gasteiger partial charge is 0.470 e. The van der Waals surface area contributed by atoms with Crippen LogP contribution in [0.5, 0.6) is 0 Å². The maximum absolute atomic E-state index is 11.6. The molecule has 0 aliphatic carbocycles. The molecule has 0 spiro atoms. The molecule has 1 amide bonds. The van der Waals surface area contributed by atoms with Crippen LogP contribution in [0.1, 0.15) is 6.92 Å². The number of ether oxygens (including phenoxy) is 4. The first-order valence-electron chi connectivity index (χ1n) is 7.71. The lowest BCUT2D eigenvalue weighted by atomic mass is 10.3. The molecule has 0 aliphatic rings. The van der Waals surface area contributed by atoms with Gasteiger partial charge in [0.25, 0.3) is 10.5 Å². The number of aromatic nitrogens is 1. The molecule has 0 fully saturated rings. The highest BCUT2D eigenvalue weighted by Gasteiger charge is 2.14. The Morgan fingerprint density at radius 1 is 1.20 bits per heavy atom. The summed E-state index contributed by atoms with van der Waals surface area (Å²) in [5, 5.41) is 0.407. The Kier molecular flexibility index (Phi) is 8.23. The monoisotopic (exact) mass is 368 g/mol. The van der Waals surface area contributed by atoms with Gasteiger partial charge in [0.15, 0.2) is 5.58 Å². The molecule has 136 valence electrons. The number of amides is 1. The van der Waals surface area contributed by atoms with Gasteiger partial charge in [-0.3, -0.25) is 0 Å². The van der Waals surface area contributed by atoms with E-state index in [1.165, 1.54) is 0 Å². The third-order valence-corrected chi connectivity index (χ3v) is 3.52. The number of carbonyl (C=O) groups is 1. The normalized spacial score (nSPS) is 11.7. The number of hydrogen-bond acceptors (Lipinski definition) is 8. The number of benzene rings is 1. The summed E-state index contributed by atoms with van der Waals surface area (Å²) in [5.41, 5.74) is 1.35. The number of hydrogen-bond donors (Lipinski definition) is 0. The standard InChI is InChI=1S/C16H20N2O6S/c1-3-22-14(19)18-15(23-11-10-21-9-8-20-2)25-16-17-12-6-4-5-7-13(12)24-16/h4-7H,3,8-11H2,1-2H3. The fourth-order valence-electron chi connectivity index (χ4n) is 1.72. The molecule has 0 atom stereocenters. The summed E-state index contributed by atoms with van der Waals surface area (Å²) in [6.45, 7) is 3.44. The molecular formula is C16H20N2O6S. The number of methoxy groups -OCH3 is 1. The van der Waals surface area contributed by atoms with Crippen LogP contribution in [0.2, 0.25) is 0 Å². The molecule has 8 nitrogen and oxygen atoms in total. The van der Waals surface area contributed by atoms with E-state index in [2.05, 4.69) is 9.98 Å². The van der Waals surface area contributed by atoms with Crippen LogP contribution in [-0.2, 0) is 18.9 Å². The number of rotatable bonds is 8. The molecule has 0 unspecified atom stereocenters. The van der Waals surface area contributed by atoms with Crippen LogP contribution in [0.4, 0.5) is 4.79 Å². The van der Waals surface area contributed by atoms with Crippen LogP contribution in [0.3, 0.4) is 0 Å². The molecule has 1 aromatic carbocycles. The minimum absolute atomic E-state index is 0.0837. The minimum Gasteiger partial charge on any atom is -0.470 e. The fourth-order valence-corrected chi connectivity index (χ4v) is 2.40. The lowest BCUT2D eigenvalue weighted by Gasteiger charge is -2.07.